The minimum Gasteiger partial charge on any atom is -0.476 e. The van der Waals surface area contributed by atoms with Crippen LogP contribution in [-0.4, -0.2) is 17.4 Å². The average molecular weight is 435 g/mol. The first kappa shape index (κ1) is 21.7. The summed E-state index contributed by atoms with van der Waals surface area (Å²) in [6.07, 6.45) is 6.17. The SMILES string of the molecule is Cc1ccc(Cl)c(OC(C)(C)C(=O)Nc2sc3c(c2C(N)=O)CCCCCC3)c1. The standard InChI is InChI=1S/C22H27ClN2O3S/c1-13-10-11-15(23)16(12-13)28-22(2,3)21(27)25-20-18(19(24)26)14-8-6-4-5-7-9-17(14)29-20/h10-12H,4-9H2,1-3H3,(H2,24,26)(H,25,27). The van der Waals surface area contributed by atoms with Gasteiger partial charge in [0.15, 0.2) is 5.60 Å². The van der Waals surface area contributed by atoms with Crippen molar-refractivity contribution in [2.45, 2.75) is 64.9 Å². The number of primary amides is 1. The second-order valence-electron chi connectivity index (χ2n) is 7.99. The Morgan fingerprint density at radius 2 is 1.86 bits per heavy atom. The van der Waals surface area contributed by atoms with E-state index in [4.69, 9.17) is 22.1 Å². The number of carbonyl (C=O) groups excluding carboxylic acids is 2. The number of halogens is 1. The van der Waals surface area contributed by atoms with Gasteiger partial charge in [0.25, 0.3) is 11.8 Å². The summed E-state index contributed by atoms with van der Waals surface area (Å²) in [7, 11) is 0. The fourth-order valence-electron chi connectivity index (χ4n) is 3.53. The van der Waals surface area contributed by atoms with Gasteiger partial charge in [-0.05, 0) is 69.7 Å². The summed E-state index contributed by atoms with van der Waals surface area (Å²) in [6, 6.07) is 5.41. The number of anilines is 1. The maximum Gasteiger partial charge on any atom is 0.268 e. The fourth-order valence-corrected chi connectivity index (χ4v) is 4.98. The lowest BCUT2D eigenvalue weighted by molar-refractivity contribution is -0.128. The van der Waals surface area contributed by atoms with Crippen molar-refractivity contribution in [1.29, 1.82) is 0 Å². The van der Waals surface area contributed by atoms with Crippen LogP contribution in [0.5, 0.6) is 5.75 Å². The second-order valence-corrected chi connectivity index (χ2v) is 9.50. The molecule has 0 spiro atoms. The van der Waals surface area contributed by atoms with Gasteiger partial charge in [0, 0.05) is 4.88 Å². The number of amides is 2. The molecule has 2 amide bonds. The van der Waals surface area contributed by atoms with Gasteiger partial charge in [0.2, 0.25) is 0 Å². The molecule has 0 bridgehead atoms. The summed E-state index contributed by atoms with van der Waals surface area (Å²) >= 11 is 7.67. The van der Waals surface area contributed by atoms with E-state index in [1.54, 1.807) is 26.0 Å². The predicted molar refractivity (Wildman–Crippen MR) is 118 cm³/mol. The Kier molecular flexibility index (Phi) is 6.54. The molecule has 0 aliphatic heterocycles. The van der Waals surface area contributed by atoms with E-state index in [2.05, 4.69) is 5.32 Å². The number of carbonyl (C=O) groups is 2. The maximum atomic E-state index is 13.0. The highest BCUT2D eigenvalue weighted by molar-refractivity contribution is 7.17. The van der Waals surface area contributed by atoms with Crippen LogP contribution in [0.2, 0.25) is 5.02 Å². The first-order chi connectivity index (χ1) is 13.7. The molecule has 29 heavy (non-hydrogen) atoms. The summed E-state index contributed by atoms with van der Waals surface area (Å²) in [5.41, 5.74) is 6.92. The van der Waals surface area contributed by atoms with E-state index in [9.17, 15) is 9.59 Å². The van der Waals surface area contributed by atoms with E-state index in [1.807, 2.05) is 13.0 Å². The third-order valence-electron chi connectivity index (χ3n) is 5.14. The molecular weight excluding hydrogens is 408 g/mol. The third-order valence-corrected chi connectivity index (χ3v) is 6.66. The van der Waals surface area contributed by atoms with E-state index < -0.39 is 11.5 Å². The highest BCUT2D eigenvalue weighted by atomic mass is 35.5. The molecule has 1 aliphatic carbocycles. The monoisotopic (exact) mass is 434 g/mol. The van der Waals surface area contributed by atoms with Crippen LogP contribution >= 0.6 is 22.9 Å². The lowest BCUT2D eigenvalue weighted by Crippen LogP contribution is -2.42. The number of benzene rings is 1. The number of rotatable bonds is 5. The third kappa shape index (κ3) is 4.93. The van der Waals surface area contributed by atoms with Crippen molar-refractivity contribution in [3.8, 4) is 5.75 Å². The summed E-state index contributed by atoms with van der Waals surface area (Å²) in [6.45, 7) is 5.28. The predicted octanol–water partition coefficient (Wildman–Crippen LogP) is 5.26. The summed E-state index contributed by atoms with van der Waals surface area (Å²) < 4.78 is 5.93. The number of thiophene rings is 1. The van der Waals surface area contributed by atoms with Crippen LogP contribution in [0, 0.1) is 6.92 Å². The topological polar surface area (TPSA) is 81.4 Å². The van der Waals surface area contributed by atoms with Crippen LogP contribution in [-0.2, 0) is 17.6 Å². The molecule has 0 radical (unpaired) electrons. The first-order valence-electron chi connectivity index (χ1n) is 9.90. The lowest BCUT2D eigenvalue weighted by atomic mass is 9.96. The number of ether oxygens (including phenoxy) is 1. The number of nitrogens with two attached hydrogens (primary N) is 1. The van der Waals surface area contributed by atoms with Gasteiger partial charge >= 0.3 is 0 Å². The normalized spacial score (nSPS) is 14.5. The molecule has 0 atom stereocenters. The summed E-state index contributed by atoms with van der Waals surface area (Å²) in [5.74, 6) is -0.411. The van der Waals surface area contributed by atoms with Crippen molar-refractivity contribution in [2.75, 3.05) is 5.32 Å². The van der Waals surface area contributed by atoms with Crippen LogP contribution in [0.15, 0.2) is 18.2 Å². The van der Waals surface area contributed by atoms with E-state index >= 15 is 0 Å². The number of hydrogen-bond donors (Lipinski definition) is 2. The van der Waals surface area contributed by atoms with Gasteiger partial charge in [0.05, 0.1) is 10.6 Å². The van der Waals surface area contributed by atoms with E-state index in [0.29, 0.717) is 21.3 Å². The van der Waals surface area contributed by atoms with Crippen molar-refractivity contribution >= 4 is 39.8 Å². The Morgan fingerprint density at radius 3 is 2.55 bits per heavy atom. The highest BCUT2D eigenvalue weighted by Gasteiger charge is 2.33. The molecule has 0 fully saturated rings. The van der Waals surface area contributed by atoms with E-state index in [0.717, 1.165) is 48.1 Å². The molecule has 1 heterocycles. The molecule has 0 saturated heterocycles. The molecule has 2 aromatic rings. The maximum absolute atomic E-state index is 13.0. The second kappa shape index (κ2) is 8.76. The molecule has 7 heteroatoms. The Morgan fingerprint density at radius 1 is 1.17 bits per heavy atom. The summed E-state index contributed by atoms with van der Waals surface area (Å²) in [4.78, 5) is 26.4. The minimum absolute atomic E-state index is 0.355. The molecule has 1 aromatic carbocycles. The zero-order valence-electron chi connectivity index (χ0n) is 17.1. The average Bonchev–Trinajstić information content (AvgIpc) is 2.94. The Bertz CT molecular complexity index is 936. The molecule has 5 nitrogen and oxygen atoms in total. The van der Waals surface area contributed by atoms with Gasteiger partial charge in [-0.2, -0.15) is 0 Å². The summed E-state index contributed by atoms with van der Waals surface area (Å²) in [5, 5.41) is 3.85. The van der Waals surface area contributed by atoms with Crippen molar-refractivity contribution in [3.05, 3.63) is 44.8 Å². The van der Waals surface area contributed by atoms with Gasteiger partial charge in [0.1, 0.15) is 10.8 Å². The molecule has 1 aromatic heterocycles. The van der Waals surface area contributed by atoms with Crippen molar-refractivity contribution < 1.29 is 14.3 Å². The van der Waals surface area contributed by atoms with Gasteiger partial charge in [-0.3, -0.25) is 9.59 Å². The van der Waals surface area contributed by atoms with Crippen LogP contribution in [0.3, 0.4) is 0 Å². The van der Waals surface area contributed by atoms with Gasteiger partial charge in [-0.1, -0.05) is 30.5 Å². The smallest absolute Gasteiger partial charge is 0.268 e. The molecule has 3 N–H and O–H groups in total. The first-order valence-corrected chi connectivity index (χ1v) is 11.1. The molecule has 1 aliphatic rings. The van der Waals surface area contributed by atoms with E-state index in [-0.39, 0.29) is 5.91 Å². The number of nitrogens with one attached hydrogen (secondary N) is 1. The van der Waals surface area contributed by atoms with Crippen molar-refractivity contribution in [1.82, 2.24) is 0 Å². The van der Waals surface area contributed by atoms with Crippen LogP contribution in [0.1, 0.15) is 65.9 Å². The molecule has 0 unspecified atom stereocenters. The zero-order chi connectivity index (χ0) is 21.2. The van der Waals surface area contributed by atoms with Crippen LogP contribution in [0.4, 0.5) is 5.00 Å². The van der Waals surface area contributed by atoms with Crippen molar-refractivity contribution in [2.24, 2.45) is 5.73 Å². The number of hydrogen-bond acceptors (Lipinski definition) is 4. The molecule has 156 valence electrons. The lowest BCUT2D eigenvalue weighted by Gasteiger charge is -2.26. The van der Waals surface area contributed by atoms with Gasteiger partial charge < -0.3 is 15.8 Å². The van der Waals surface area contributed by atoms with Crippen LogP contribution < -0.4 is 15.8 Å². The minimum atomic E-state index is -1.19. The molecular formula is C22H27ClN2O3S. The Balaban J connectivity index is 1.86. The van der Waals surface area contributed by atoms with Gasteiger partial charge in [-0.25, -0.2) is 0 Å². The number of fused-ring (bicyclic) bond motifs is 1. The Hall–Kier alpha value is -2.05. The van der Waals surface area contributed by atoms with E-state index in [1.165, 1.54) is 17.8 Å². The number of aryl methyl sites for hydroxylation is 2. The molecule has 0 saturated carbocycles. The molecule has 3 rings (SSSR count). The zero-order valence-corrected chi connectivity index (χ0v) is 18.6. The quantitative estimate of drug-likeness (QED) is 0.673. The van der Waals surface area contributed by atoms with Crippen LogP contribution in [0.25, 0.3) is 0 Å². The van der Waals surface area contributed by atoms with Gasteiger partial charge in [-0.15, -0.1) is 11.3 Å². The Labute approximate surface area is 180 Å². The fraction of sp³-hybridized carbons (Fsp3) is 0.455. The largest absolute Gasteiger partial charge is 0.476 e. The van der Waals surface area contributed by atoms with Crippen molar-refractivity contribution in [3.63, 3.8) is 0 Å². The highest BCUT2D eigenvalue weighted by Crippen LogP contribution is 2.37.